The Labute approximate surface area is 156 Å². The van der Waals surface area contributed by atoms with Crippen molar-refractivity contribution in [1.82, 2.24) is 5.32 Å². The third kappa shape index (κ3) is 4.79. The molecule has 0 unspecified atom stereocenters. The first-order chi connectivity index (χ1) is 13.0. The maximum atomic E-state index is 13.0. The van der Waals surface area contributed by atoms with Gasteiger partial charge in [0.25, 0.3) is 5.91 Å². The van der Waals surface area contributed by atoms with E-state index in [0.29, 0.717) is 11.1 Å². The molecule has 0 saturated heterocycles. The third-order valence-electron chi connectivity index (χ3n) is 4.21. The quantitative estimate of drug-likeness (QED) is 0.698. The molecule has 0 aliphatic heterocycles. The van der Waals surface area contributed by atoms with Crippen LogP contribution in [-0.2, 0) is 11.2 Å². The fourth-order valence-electron chi connectivity index (χ4n) is 2.74. The molecule has 27 heavy (non-hydrogen) atoms. The predicted octanol–water partition coefficient (Wildman–Crippen LogP) is 3.92. The van der Waals surface area contributed by atoms with Gasteiger partial charge in [0.05, 0.1) is 0 Å². The standard InChI is InChI=1S/C22H18FNO3/c23-19-12-6-15(7-13-19)14-20(22(26)27)24-21(25)18-10-8-17(9-11-18)16-4-2-1-3-5-16/h1-13,20H,14H2,(H,24,25)(H,26,27)/t20-/m0/s1. The first kappa shape index (κ1) is 18.3. The maximum Gasteiger partial charge on any atom is 0.326 e. The first-order valence-electron chi connectivity index (χ1n) is 8.46. The summed E-state index contributed by atoms with van der Waals surface area (Å²) >= 11 is 0. The van der Waals surface area contributed by atoms with Crippen LogP contribution in [0.25, 0.3) is 11.1 Å². The second-order valence-electron chi connectivity index (χ2n) is 6.14. The van der Waals surface area contributed by atoms with Crippen LogP contribution in [0.3, 0.4) is 0 Å². The minimum Gasteiger partial charge on any atom is -0.480 e. The molecule has 0 spiro atoms. The lowest BCUT2D eigenvalue weighted by Gasteiger charge is -2.15. The van der Waals surface area contributed by atoms with Gasteiger partial charge < -0.3 is 10.4 Å². The number of carbonyl (C=O) groups excluding carboxylic acids is 1. The highest BCUT2D eigenvalue weighted by atomic mass is 19.1. The highest BCUT2D eigenvalue weighted by Gasteiger charge is 2.21. The summed E-state index contributed by atoms with van der Waals surface area (Å²) in [5.41, 5.74) is 3.00. The van der Waals surface area contributed by atoms with Gasteiger partial charge in [-0.25, -0.2) is 9.18 Å². The number of carboxylic acids is 1. The van der Waals surface area contributed by atoms with Gasteiger partial charge in [0.15, 0.2) is 0 Å². The summed E-state index contributed by atoms with van der Waals surface area (Å²) in [6.07, 6.45) is 0.0729. The molecule has 1 amide bonds. The number of carboxylic acid groups (broad SMARTS) is 1. The minimum atomic E-state index is -1.14. The minimum absolute atomic E-state index is 0.0729. The Morgan fingerprint density at radius 2 is 1.44 bits per heavy atom. The lowest BCUT2D eigenvalue weighted by molar-refractivity contribution is -0.139. The number of rotatable bonds is 6. The number of benzene rings is 3. The highest BCUT2D eigenvalue weighted by molar-refractivity contribution is 5.97. The van der Waals surface area contributed by atoms with Crippen LogP contribution >= 0.6 is 0 Å². The molecule has 0 saturated carbocycles. The van der Waals surface area contributed by atoms with Gasteiger partial charge in [-0.2, -0.15) is 0 Å². The summed E-state index contributed by atoms with van der Waals surface area (Å²) < 4.78 is 13.0. The van der Waals surface area contributed by atoms with Gasteiger partial charge in [-0.1, -0.05) is 54.6 Å². The Hall–Kier alpha value is -3.47. The monoisotopic (exact) mass is 363 g/mol. The van der Waals surface area contributed by atoms with Gasteiger partial charge in [0.1, 0.15) is 11.9 Å². The number of nitrogens with one attached hydrogen (secondary N) is 1. The van der Waals surface area contributed by atoms with Crippen molar-refractivity contribution in [2.24, 2.45) is 0 Å². The van der Waals surface area contributed by atoms with Crippen molar-refractivity contribution in [3.63, 3.8) is 0 Å². The largest absolute Gasteiger partial charge is 0.480 e. The van der Waals surface area contributed by atoms with Gasteiger partial charge in [-0.15, -0.1) is 0 Å². The number of amides is 1. The summed E-state index contributed by atoms with van der Waals surface area (Å²) in [7, 11) is 0. The van der Waals surface area contributed by atoms with E-state index in [1.807, 2.05) is 42.5 Å². The molecule has 0 bridgehead atoms. The molecule has 0 aliphatic carbocycles. The van der Waals surface area contributed by atoms with Crippen LogP contribution in [0, 0.1) is 5.82 Å². The molecular formula is C22H18FNO3. The van der Waals surface area contributed by atoms with E-state index in [1.54, 1.807) is 12.1 Å². The van der Waals surface area contributed by atoms with E-state index in [2.05, 4.69) is 5.32 Å². The molecule has 136 valence electrons. The molecule has 0 heterocycles. The molecular weight excluding hydrogens is 345 g/mol. The smallest absolute Gasteiger partial charge is 0.326 e. The number of hydrogen-bond donors (Lipinski definition) is 2. The van der Waals surface area contributed by atoms with Gasteiger partial charge in [-0.05, 0) is 41.0 Å². The zero-order valence-corrected chi connectivity index (χ0v) is 14.4. The average Bonchev–Trinajstić information content (AvgIpc) is 2.69. The lowest BCUT2D eigenvalue weighted by atomic mass is 10.0. The summed E-state index contributed by atoms with van der Waals surface area (Å²) in [6.45, 7) is 0. The summed E-state index contributed by atoms with van der Waals surface area (Å²) in [5, 5.41) is 11.9. The highest BCUT2D eigenvalue weighted by Crippen LogP contribution is 2.19. The molecule has 2 N–H and O–H groups in total. The Morgan fingerprint density at radius 1 is 0.852 bits per heavy atom. The molecule has 4 nitrogen and oxygen atoms in total. The maximum absolute atomic E-state index is 13.0. The predicted molar refractivity (Wildman–Crippen MR) is 101 cm³/mol. The molecule has 3 aromatic rings. The molecule has 3 aromatic carbocycles. The fourth-order valence-corrected chi connectivity index (χ4v) is 2.74. The van der Waals surface area contributed by atoms with Crippen LogP contribution in [0.2, 0.25) is 0 Å². The SMILES string of the molecule is O=C(N[C@@H](Cc1ccc(F)cc1)C(=O)O)c1ccc(-c2ccccc2)cc1. The molecule has 0 aromatic heterocycles. The number of halogens is 1. The van der Waals surface area contributed by atoms with E-state index >= 15 is 0 Å². The van der Waals surface area contributed by atoms with Crippen molar-refractivity contribution >= 4 is 11.9 Å². The Bertz CT molecular complexity index is 922. The second-order valence-corrected chi connectivity index (χ2v) is 6.14. The molecule has 0 aliphatic rings. The summed E-state index contributed by atoms with van der Waals surface area (Å²) in [5.74, 6) is -2.01. The topological polar surface area (TPSA) is 66.4 Å². The van der Waals surface area contributed by atoms with E-state index in [1.165, 1.54) is 24.3 Å². The number of carbonyl (C=O) groups is 2. The number of hydrogen-bond acceptors (Lipinski definition) is 2. The van der Waals surface area contributed by atoms with Crippen LogP contribution < -0.4 is 5.32 Å². The normalized spacial score (nSPS) is 11.6. The van der Waals surface area contributed by atoms with E-state index in [0.717, 1.165) is 11.1 Å². The summed E-state index contributed by atoms with van der Waals surface area (Å²) in [6, 6.07) is 21.1. The molecule has 1 atom stereocenters. The van der Waals surface area contributed by atoms with Crippen molar-refractivity contribution in [1.29, 1.82) is 0 Å². The van der Waals surface area contributed by atoms with Gasteiger partial charge in [0, 0.05) is 12.0 Å². The molecule has 5 heteroatoms. The van der Waals surface area contributed by atoms with Gasteiger partial charge in [-0.3, -0.25) is 4.79 Å². The number of aliphatic carboxylic acids is 1. The van der Waals surface area contributed by atoms with Crippen LogP contribution in [0.1, 0.15) is 15.9 Å². The van der Waals surface area contributed by atoms with Crippen LogP contribution in [-0.4, -0.2) is 23.0 Å². The van der Waals surface area contributed by atoms with E-state index in [-0.39, 0.29) is 6.42 Å². The Morgan fingerprint density at radius 3 is 2.04 bits per heavy atom. The van der Waals surface area contributed by atoms with Crippen molar-refractivity contribution in [3.05, 3.63) is 95.8 Å². The Balaban J connectivity index is 1.70. The summed E-state index contributed by atoms with van der Waals surface area (Å²) in [4.78, 5) is 23.9. The van der Waals surface area contributed by atoms with E-state index in [4.69, 9.17) is 0 Å². The molecule has 0 radical (unpaired) electrons. The van der Waals surface area contributed by atoms with E-state index < -0.39 is 23.7 Å². The van der Waals surface area contributed by atoms with Gasteiger partial charge in [0.2, 0.25) is 0 Å². The zero-order chi connectivity index (χ0) is 19.2. The Kier molecular flexibility index (Phi) is 5.61. The first-order valence-corrected chi connectivity index (χ1v) is 8.46. The second kappa shape index (κ2) is 8.27. The van der Waals surface area contributed by atoms with Crippen molar-refractivity contribution in [3.8, 4) is 11.1 Å². The van der Waals surface area contributed by atoms with Crippen molar-refractivity contribution in [2.45, 2.75) is 12.5 Å². The zero-order valence-electron chi connectivity index (χ0n) is 14.4. The van der Waals surface area contributed by atoms with Crippen LogP contribution in [0.4, 0.5) is 4.39 Å². The van der Waals surface area contributed by atoms with Gasteiger partial charge >= 0.3 is 5.97 Å². The average molecular weight is 363 g/mol. The van der Waals surface area contributed by atoms with Crippen LogP contribution in [0.5, 0.6) is 0 Å². The third-order valence-corrected chi connectivity index (χ3v) is 4.21. The molecule has 3 rings (SSSR count). The molecule has 0 fully saturated rings. The van der Waals surface area contributed by atoms with Crippen LogP contribution in [0.15, 0.2) is 78.9 Å². The van der Waals surface area contributed by atoms with E-state index in [9.17, 15) is 19.1 Å². The van der Waals surface area contributed by atoms with Crippen molar-refractivity contribution < 1.29 is 19.1 Å². The fraction of sp³-hybridized carbons (Fsp3) is 0.0909. The lowest BCUT2D eigenvalue weighted by Crippen LogP contribution is -2.42. The van der Waals surface area contributed by atoms with Crippen molar-refractivity contribution in [2.75, 3.05) is 0 Å².